The number of H-pyrrole nitrogens is 1. The fraction of sp³-hybridized carbons (Fsp3) is 0.373. The first-order valence-corrected chi connectivity index (χ1v) is 26.3. The number of amides is 1. The molecule has 0 fully saturated rings. The molecule has 8 aromatic heterocycles. The number of rotatable bonds is 6. The van der Waals surface area contributed by atoms with E-state index in [1.807, 2.05) is 129 Å². The Morgan fingerprint density at radius 3 is 1.23 bits per heavy atom. The smallest absolute Gasteiger partial charge is 0.444 e. The standard InChI is InChI=1S/C16H22N4O2.C11H10N4.C11H14N4.C10H18O5.C6H3ClN2.C5H8N2.ClH/c1-11-8-12(2)20(19-11)14-7-6-13(9-17-14)10-18-15(21)22-16(3,4)5;1-8-6-9(2)15(14-8)11-5-4-10(12-3)7-13-11;1-8-5-9(2)15(14-8)11-4-3-10(6-12)7-13-11;1-9(2,3)14-7(11)13-8(12)15-10(4,5)6;1-8-5-2-3-6(7)9-4-5;1-4-3-5(2)7-6-4;/h6-9H,10H2,1-5H3,(H,18,21);4-7H,1-2H3;3-5,7H,6,12H2,1-2H3;1-6H3;2-4H;3H,1-2H3,(H,6,7);1H. The third-order valence-corrected chi connectivity index (χ3v) is 10.1. The van der Waals surface area contributed by atoms with Crippen molar-refractivity contribution in [2.75, 3.05) is 0 Å². The van der Waals surface area contributed by atoms with Crippen molar-refractivity contribution >= 4 is 53.8 Å². The number of carbonyl (C=O) groups excluding carboxylic acids is 3. The summed E-state index contributed by atoms with van der Waals surface area (Å²) in [5.41, 5.74) is 14.8. The quantitative estimate of drug-likeness (QED) is 0.0459. The third kappa shape index (κ3) is 27.2. The predicted molar refractivity (Wildman–Crippen MR) is 324 cm³/mol. The molecule has 0 radical (unpaired) electrons. The summed E-state index contributed by atoms with van der Waals surface area (Å²) in [4.78, 5) is 56.6. The van der Waals surface area contributed by atoms with Gasteiger partial charge in [0, 0.05) is 60.7 Å². The van der Waals surface area contributed by atoms with Gasteiger partial charge < -0.3 is 30.0 Å². The number of nitrogens with two attached hydrogens (primary N) is 1. The zero-order chi connectivity index (χ0) is 62.2. The second-order valence-electron chi connectivity index (χ2n) is 21.3. The number of alkyl carbamates (subject to hydrolysis) is 1. The van der Waals surface area contributed by atoms with Crippen LogP contribution in [0, 0.1) is 68.5 Å². The number of carbonyl (C=O) groups is 3. The molecule has 0 spiro atoms. The molecule has 0 saturated carbocycles. The molecule has 0 atom stereocenters. The molecule has 84 heavy (non-hydrogen) atoms. The topological polar surface area (TPSA) is 269 Å². The van der Waals surface area contributed by atoms with Gasteiger partial charge in [-0.2, -0.15) is 20.4 Å². The Balaban J connectivity index is 0.000000354. The lowest BCUT2D eigenvalue weighted by molar-refractivity contribution is -0.0294. The monoisotopic (exact) mass is 1190 g/mol. The Labute approximate surface area is 502 Å². The molecule has 8 rings (SSSR count). The summed E-state index contributed by atoms with van der Waals surface area (Å²) >= 11 is 5.45. The number of aromatic nitrogens is 12. The Morgan fingerprint density at radius 2 is 0.952 bits per heavy atom. The van der Waals surface area contributed by atoms with Crippen LogP contribution in [0.1, 0.15) is 119 Å². The number of ether oxygens (including phenoxy) is 4. The second-order valence-corrected chi connectivity index (χ2v) is 21.7. The third-order valence-electron chi connectivity index (χ3n) is 9.85. The average molecular weight is 1190 g/mol. The molecule has 0 bridgehead atoms. The van der Waals surface area contributed by atoms with Crippen LogP contribution in [-0.4, -0.2) is 94.7 Å². The van der Waals surface area contributed by atoms with E-state index in [1.54, 1.807) is 93.8 Å². The van der Waals surface area contributed by atoms with Crippen LogP contribution in [0.25, 0.3) is 27.1 Å². The molecule has 23 nitrogen and oxygen atoms in total. The van der Waals surface area contributed by atoms with Crippen LogP contribution in [-0.2, 0) is 32.0 Å². The van der Waals surface area contributed by atoms with E-state index in [-0.39, 0.29) is 12.4 Å². The van der Waals surface area contributed by atoms with E-state index in [4.69, 9.17) is 44.7 Å². The van der Waals surface area contributed by atoms with Crippen molar-refractivity contribution in [1.29, 1.82) is 0 Å². The van der Waals surface area contributed by atoms with Gasteiger partial charge in [0.1, 0.15) is 22.0 Å². The SMILES string of the molecule is CC(C)(C)OC(=O)OC(=O)OC(C)(C)C.Cc1cc(C)[nH]n1.Cc1cc(C)n(-c2ccc(CN)cn2)n1.Cc1cc(C)n(-c2ccc(CNC(=O)OC(C)(C)C)cn2)n1.Cl.[C-]#[N+]c1ccc(-n2nc(C)cc2C)nc1.[C-]#[N+]c1ccc(Cl)nc1. The number of hydrogen-bond donors (Lipinski definition) is 3. The highest BCUT2D eigenvalue weighted by molar-refractivity contribution is 6.29. The molecule has 0 aliphatic heterocycles. The molecule has 0 aliphatic carbocycles. The van der Waals surface area contributed by atoms with Crippen LogP contribution in [0.4, 0.5) is 25.8 Å². The summed E-state index contributed by atoms with van der Waals surface area (Å²) in [6, 6.07) is 22.5. The van der Waals surface area contributed by atoms with E-state index in [9.17, 15) is 14.4 Å². The van der Waals surface area contributed by atoms with Gasteiger partial charge in [0.15, 0.2) is 17.5 Å². The molecular formula is C59H76Cl2N16O7. The first-order chi connectivity index (χ1) is 38.8. The number of nitrogens with zero attached hydrogens (tertiary/aromatic N) is 13. The molecule has 4 N–H and O–H groups in total. The minimum atomic E-state index is -1.06. The van der Waals surface area contributed by atoms with Crippen LogP contribution in [0.5, 0.6) is 0 Å². The highest BCUT2D eigenvalue weighted by Crippen LogP contribution is 2.17. The summed E-state index contributed by atoms with van der Waals surface area (Å²) in [6.45, 7) is 45.6. The molecular weight excluding hydrogens is 1120 g/mol. The lowest BCUT2D eigenvalue weighted by Crippen LogP contribution is -2.32. The predicted octanol–water partition coefficient (Wildman–Crippen LogP) is 13.3. The van der Waals surface area contributed by atoms with Gasteiger partial charge in [-0.15, -0.1) is 12.4 Å². The van der Waals surface area contributed by atoms with E-state index in [1.165, 1.54) is 6.20 Å². The van der Waals surface area contributed by atoms with Gasteiger partial charge in [-0.25, -0.2) is 53.1 Å². The number of aromatic amines is 1. The van der Waals surface area contributed by atoms with Gasteiger partial charge >= 0.3 is 18.4 Å². The lowest BCUT2D eigenvalue weighted by atomic mass is 10.2. The van der Waals surface area contributed by atoms with Crippen molar-refractivity contribution in [3.63, 3.8) is 0 Å². The summed E-state index contributed by atoms with van der Waals surface area (Å²) in [6.07, 6.45) is 3.95. The number of nitrogens with one attached hydrogen (secondary N) is 2. The largest absolute Gasteiger partial charge is 0.519 e. The van der Waals surface area contributed by atoms with Crippen LogP contribution < -0.4 is 11.1 Å². The molecule has 0 saturated heterocycles. The van der Waals surface area contributed by atoms with E-state index >= 15 is 0 Å². The van der Waals surface area contributed by atoms with Crippen molar-refractivity contribution in [2.45, 2.75) is 148 Å². The fourth-order valence-electron chi connectivity index (χ4n) is 6.55. The van der Waals surface area contributed by atoms with Crippen molar-refractivity contribution in [3.8, 4) is 17.5 Å². The van der Waals surface area contributed by atoms with Crippen molar-refractivity contribution < 1.29 is 33.3 Å². The molecule has 8 heterocycles. The Hall–Kier alpha value is -9.03. The summed E-state index contributed by atoms with van der Waals surface area (Å²) in [5.74, 6) is 2.33. The summed E-state index contributed by atoms with van der Waals surface area (Å²) in [5, 5.41) is 22.9. The molecule has 448 valence electrons. The molecule has 0 aliphatic rings. The number of hydrogen-bond acceptors (Lipinski definition) is 16. The van der Waals surface area contributed by atoms with Gasteiger partial charge in [-0.05, 0) is 177 Å². The van der Waals surface area contributed by atoms with Gasteiger partial charge in [-0.3, -0.25) is 10.1 Å². The number of pyridine rings is 4. The highest BCUT2D eigenvalue weighted by atomic mass is 35.5. The normalized spacial score (nSPS) is 10.4. The molecule has 0 aromatic carbocycles. The van der Waals surface area contributed by atoms with Gasteiger partial charge in [-0.1, -0.05) is 35.9 Å². The first-order valence-electron chi connectivity index (χ1n) is 25.9. The maximum absolute atomic E-state index is 11.6. The van der Waals surface area contributed by atoms with Crippen molar-refractivity contribution in [1.82, 2.24) is 64.8 Å². The number of halogens is 2. The van der Waals surface area contributed by atoms with E-state index < -0.39 is 35.2 Å². The van der Waals surface area contributed by atoms with Crippen molar-refractivity contribution in [3.05, 3.63) is 182 Å². The lowest BCUT2D eigenvalue weighted by Gasteiger charge is -2.20. The minimum Gasteiger partial charge on any atom is -0.444 e. The Morgan fingerprint density at radius 1 is 0.560 bits per heavy atom. The van der Waals surface area contributed by atoms with Crippen LogP contribution >= 0.6 is 24.0 Å². The Bertz CT molecular complexity index is 3370. The second kappa shape index (κ2) is 33.2. The van der Waals surface area contributed by atoms with E-state index in [0.717, 1.165) is 74.1 Å². The maximum atomic E-state index is 11.6. The van der Waals surface area contributed by atoms with Gasteiger partial charge in [0.05, 0.1) is 35.9 Å². The average Bonchev–Trinajstić information content (AvgIpc) is 4.39. The minimum absolute atomic E-state index is 0. The molecule has 1 amide bonds. The zero-order valence-electron chi connectivity index (χ0n) is 50.7. The van der Waals surface area contributed by atoms with E-state index in [2.05, 4.69) is 65.2 Å². The fourth-order valence-corrected chi connectivity index (χ4v) is 6.66. The van der Waals surface area contributed by atoms with Crippen LogP contribution in [0.3, 0.4) is 0 Å². The molecule has 8 aromatic rings. The number of aryl methyl sites for hydroxylation is 8. The van der Waals surface area contributed by atoms with Crippen LogP contribution in [0.2, 0.25) is 5.15 Å². The maximum Gasteiger partial charge on any atom is 0.519 e. The zero-order valence-corrected chi connectivity index (χ0v) is 52.3. The molecule has 0 unspecified atom stereocenters. The van der Waals surface area contributed by atoms with Crippen LogP contribution in [0.15, 0.2) is 97.6 Å². The first kappa shape index (κ1) is 71.1. The van der Waals surface area contributed by atoms with E-state index in [0.29, 0.717) is 29.6 Å². The van der Waals surface area contributed by atoms with Gasteiger partial charge in [0.2, 0.25) is 11.4 Å². The summed E-state index contributed by atoms with van der Waals surface area (Å²) < 4.78 is 24.4. The van der Waals surface area contributed by atoms with Crippen molar-refractivity contribution in [2.24, 2.45) is 5.73 Å². The Kier molecular flexibility index (Phi) is 28.1. The molecule has 25 heteroatoms. The summed E-state index contributed by atoms with van der Waals surface area (Å²) in [7, 11) is 0. The highest BCUT2D eigenvalue weighted by Gasteiger charge is 2.24. The van der Waals surface area contributed by atoms with Gasteiger partial charge in [0.25, 0.3) is 0 Å².